The van der Waals surface area contributed by atoms with Gasteiger partial charge in [0.2, 0.25) is 0 Å². The van der Waals surface area contributed by atoms with Crippen molar-refractivity contribution in [2.75, 3.05) is 25.4 Å². The van der Waals surface area contributed by atoms with Gasteiger partial charge in [0.25, 0.3) is 0 Å². The van der Waals surface area contributed by atoms with E-state index in [0.717, 1.165) is 30.8 Å². The average Bonchev–Trinajstić information content (AvgIpc) is 2.62. The highest BCUT2D eigenvalue weighted by molar-refractivity contribution is 8.00. The van der Waals surface area contributed by atoms with Crippen LogP contribution in [0.5, 0.6) is 0 Å². The molecule has 1 atom stereocenters. The molecular weight excluding hydrogens is 282 g/mol. The predicted octanol–water partition coefficient (Wildman–Crippen LogP) is 3.51. The standard InChI is InChI=1S/C17H25NO2S/c1-4-20-16(19)15(14-8-6-5-7-9-14)18-11-10-17(2,3)21-13-12-18/h5-9,15H,4,10-13H2,1-3H3. The summed E-state index contributed by atoms with van der Waals surface area (Å²) in [7, 11) is 0. The van der Waals surface area contributed by atoms with Gasteiger partial charge >= 0.3 is 5.97 Å². The zero-order valence-electron chi connectivity index (χ0n) is 13.2. The largest absolute Gasteiger partial charge is 0.465 e. The molecule has 1 aliphatic rings. The molecule has 1 fully saturated rings. The fourth-order valence-corrected chi connectivity index (χ4v) is 3.76. The summed E-state index contributed by atoms with van der Waals surface area (Å²) in [5.74, 6) is 0.920. The van der Waals surface area contributed by atoms with E-state index < -0.39 is 0 Å². The maximum absolute atomic E-state index is 12.4. The van der Waals surface area contributed by atoms with Crippen molar-refractivity contribution in [1.82, 2.24) is 4.90 Å². The molecule has 0 spiro atoms. The summed E-state index contributed by atoms with van der Waals surface area (Å²) in [4.78, 5) is 14.7. The van der Waals surface area contributed by atoms with Crippen molar-refractivity contribution in [2.45, 2.75) is 38.0 Å². The lowest BCUT2D eigenvalue weighted by atomic mass is 10.0. The summed E-state index contributed by atoms with van der Waals surface area (Å²) in [6.07, 6.45) is 1.08. The molecule has 1 aliphatic heterocycles. The molecule has 3 nitrogen and oxygen atoms in total. The van der Waals surface area contributed by atoms with Crippen LogP contribution in [0, 0.1) is 0 Å². The third-order valence-corrected chi connectivity index (χ3v) is 5.23. The molecule has 0 aromatic heterocycles. The fourth-order valence-electron chi connectivity index (χ4n) is 2.65. The van der Waals surface area contributed by atoms with Gasteiger partial charge < -0.3 is 4.74 Å². The Morgan fingerprint density at radius 1 is 1.33 bits per heavy atom. The number of ether oxygens (including phenoxy) is 1. The normalized spacial score (nSPS) is 20.5. The van der Waals surface area contributed by atoms with Crippen LogP contribution in [0.4, 0.5) is 0 Å². The van der Waals surface area contributed by atoms with Crippen LogP contribution in [0.2, 0.25) is 0 Å². The van der Waals surface area contributed by atoms with Crippen molar-refractivity contribution in [2.24, 2.45) is 0 Å². The summed E-state index contributed by atoms with van der Waals surface area (Å²) in [5.41, 5.74) is 1.03. The van der Waals surface area contributed by atoms with Crippen molar-refractivity contribution in [3.05, 3.63) is 35.9 Å². The second-order valence-electron chi connectivity index (χ2n) is 5.96. The molecule has 0 N–H and O–H groups in total. The molecule has 0 aliphatic carbocycles. The first kappa shape index (κ1) is 16.4. The minimum absolute atomic E-state index is 0.131. The topological polar surface area (TPSA) is 29.5 Å². The first-order valence-corrected chi connectivity index (χ1v) is 8.61. The Kier molecular flexibility index (Phi) is 5.71. The highest BCUT2D eigenvalue weighted by Gasteiger charge is 2.32. The van der Waals surface area contributed by atoms with Crippen molar-refractivity contribution in [3.8, 4) is 0 Å². The second kappa shape index (κ2) is 7.32. The van der Waals surface area contributed by atoms with Gasteiger partial charge in [0.15, 0.2) is 0 Å². The number of nitrogens with zero attached hydrogens (tertiary/aromatic N) is 1. The molecule has 0 saturated carbocycles. The van der Waals surface area contributed by atoms with Crippen molar-refractivity contribution < 1.29 is 9.53 Å². The SMILES string of the molecule is CCOC(=O)C(c1ccccc1)N1CCSC(C)(C)CC1. The van der Waals surface area contributed by atoms with E-state index in [2.05, 4.69) is 18.7 Å². The molecular formula is C17H25NO2S. The Hall–Kier alpha value is -1.00. The van der Waals surface area contributed by atoms with E-state index in [0.29, 0.717) is 6.61 Å². The smallest absolute Gasteiger partial charge is 0.327 e. The first-order valence-electron chi connectivity index (χ1n) is 7.63. The number of carbonyl (C=O) groups excluding carboxylic acids is 1. The molecule has 1 heterocycles. The molecule has 4 heteroatoms. The van der Waals surface area contributed by atoms with E-state index in [-0.39, 0.29) is 16.8 Å². The van der Waals surface area contributed by atoms with E-state index in [1.165, 1.54) is 0 Å². The molecule has 21 heavy (non-hydrogen) atoms. The molecule has 1 aromatic carbocycles. The van der Waals surface area contributed by atoms with Gasteiger partial charge in [-0.2, -0.15) is 11.8 Å². The number of thioether (sulfide) groups is 1. The van der Waals surface area contributed by atoms with Gasteiger partial charge in [-0.3, -0.25) is 4.90 Å². The zero-order chi connectivity index (χ0) is 15.3. The number of esters is 1. The first-order chi connectivity index (χ1) is 10.0. The Balaban J connectivity index is 2.21. The summed E-state index contributed by atoms with van der Waals surface area (Å²) in [6, 6.07) is 9.71. The Bertz CT molecular complexity index is 461. The number of rotatable bonds is 4. The molecule has 0 radical (unpaired) electrons. The van der Waals surface area contributed by atoms with Crippen LogP contribution in [0.15, 0.2) is 30.3 Å². The lowest BCUT2D eigenvalue weighted by molar-refractivity contribution is -0.149. The highest BCUT2D eigenvalue weighted by Crippen LogP contribution is 2.34. The third-order valence-electron chi connectivity index (χ3n) is 3.86. The van der Waals surface area contributed by atoms with Gasteiger partial charge in [-0.05, 0) is 18.9 Å². The van der Waals surface area contributed by atoms with Gasteiger partial charge in [0.05, 0.1) is 6.61 Å². The van der Waals surface area contributed by atoms with E-state index >= 15 is 0 Å². The number of benzene rings is 1. The second-order valence-corrected chi connectivity index (χ2v) is 7.76. The monoisotopic (exact) mass is 307 g/mol. The minimum Gasteiger partial charge on any atom is -0.465 e. The lowest BCUT2D eigenvalue weighted by Crippen LogP contribution is -2.37. The summed E-state index contributed by atoms with van der Waals surface area (Å²) >= 11 is 1.99. The zero-order valence-corrected chi connectivity index (χ0v) is 14.0. The summed E-state index contributed by atoms with van der Waals surface area (Å²) in [6.45, 7) is 8.70. The van der Waals surface area contributed by atoms with E-state index in [1.807, 2.05) is 49.0 Å². The van der Waals surface area contributed by atoms with Crippen LogP contribution >= 0.6 is 11.8 Å². The van der Waals surface area contributed by atoms with Gasteiger partial charge in [0, 0.05) is 23.6 Å². The Morgan fingerprint density at radius 2 is 2.05 bits per heavy atom. The average molecular weight is 307 g/mol. The molecule has 0 bridgehead atoms. The third kappa shape index (κ3) is 4.48. The Morgan fingerprint density at radius 3 is 2.71 bits per heavy atom. The van der Waals surface area contributed by atoms with Gasteiger partial charge in [-0.15, -0.1) is 0 Å². The number of hydrogen-bond acceptors (Lipinski definition) is 4. The van der Waals surface area contributed by atoms with Crippen LogP contribution in [0.1, 0.15) is 38.8 Å². The van der Waals surface area contributed by atoms with Crippen LogP contribution < -0.4 is 0 Å². The number of hydrogen-bond donors (Lipinski definition) is 0. The highest BCUT2D eigenvalue weighted by atomic mass is 32.2. The number of carbonyl (C=O) groups is 1. The quantitative estimate of drug-likeness (QED) is 0.796. The molecule has 2 rings (SSSR count). The minimum atomic E-state index is -0.277. The van der Waals surface area contributed by atoms with Crippen LogP contribution in [0.25, 0.3) is 0 Å². The van der Waals surface area contributed by atoms with Crippen molar-refractivity contribution in [1.29, 1.82) is 0 Å². The summed E-state index contributed by atoms with van der Waals surface area (Å²) in [5, 5.41) is 0. The van der Waals surface area contributed by atoms with Gasteiger partial charge in [-0.1, -0.05) is 44.2 Å². The maximum atomic E-state index is 12.4. The van der Waals surface area contributed by atoms with Gasteiger partial charge in [0.1, 0.15) is 6.04 Å². The Labute approximate surface area is 132 Å². The molecule has 0 amide bonds. The van der Waals surface area contributed by atoms with Crippen LogP contribution in [-0.4, -0.2) is 41.1 Å². The van der Waals surface area contributed by atoms with E-state index in [4.69, 9.17) is 4.74 Å². The molecule has 1 aromatic rings. The predicted molar refractivity (Wildman–Crippen MR) is 88.5 cm³/mol. The maximum Gasteiger partial charge on any atom is 0.327 e. The fraction of sp³-hybridized carbons (Fsp3) is 0.588. The van der Waals surface area contributed by atoms with Crippen molar-refractivity contribution >= 4 is 17.7 Å². The molecule has 116 valence electrons. The van der Waals surface area contributed by atoms with Crippen molar-refractivity contribution in [3.63, 3.8) is 0 Å². The van der Waals surface area contributed by atoms with E-state index in [9.17, 15) is 4.79 Å². The molecule has 1 saturated heterocycles. The van der Waals surface area contributed by atoms with Crippen LogP contribution in [0.3, 0.4) is 0 Å². The molecule has 1 unspecified atom stereocenters. The van der Waals surface area contributed by atoms with Gasteiger partial charge in [-0.25, -0.2) is 4.79 Å². The lowest BCUT2D eigenvalue weighted by Gasteiger charge is -2.29. The summed E-state index contributed by atoms with van der Waals surface area (Å²) < 4.78 is 5.60. The van der Waals surface area contributed by atoms with Crippen LogP contribution in [-0.2, 0) is 9.53 Å². The van der Waals surface area contributed by atoms with E-state index in [1.54, 1.807) is 0 Å².